The summed E-state index contributed by atoms with van der Waals surface area (Å²) in [7, 11) is 0. The van der Waals surface area contributed by atoms with Gasteiger partial charge in [0.15, 0.2) is 0 Å². The predicted molar refractivity (Wildman–Crippen MR) is 86.2 cm³/mol. The fourth-order valence-electron chi connectivity index (χ4n) is 2.64. The molecule has 1 aliphatic rings. The Bertz CT molecular complexity index is 761. The lowest BCUT2D eigenvalue weighted by molar-refractivity contribution is -0.393. The van der Waals surface area contributed by atoms with Crippen molar-refractivity contribution in [3.8, 4) is 0 Å². The van der Waals surface area contributed by atoms with Crippen molar-refractivity contribution in [2.75, 3.05) is 36.0 Å². The first-order valence-corrected chi connectivity index (χ1v) is 7.26. The van der Waals surface area contributed by atoms with E-state index < -0.39 is 9.85 Å². The number of hydrogen-bond donors (Lipinski definition) is 0. The van der Waals surface area contributed by atoms with E-state index in [0.29, 0.717) is 37.8 Å². The van der Waals surface area contributed by atoms with E-state index in [4.69, 9.17) is 0 Å². The Morgan fingerprint density at radius 3 is 2.12 bits per heavy atom. The molecule has 1 saturated heterocycles. The second kappa shape index (κ2) is 6.44. The maximum Gasteiger partial charge on any atom is 0.299 e. The number of piperazine rings is 1. The number of nitrogens with zero attached hydrogens (tertiary/aromatic N) is 6. The van der Waals surface area contributed by atoms with Crippen molar-refractivity contribution in [2.45, 2.75) is 0 Å². The molecular weight excluding hydrogens is 316 g/mol. The average molecular weight is 330 g/mol. The van der Waals surface area contributed by atoms with Crippen LogP contribution in [0.4, 0.5) is 23.0 Å². The van der Waals surface area contributed by atoms with Crippen molar-refractivity contribution in [3.05, 3.63) is 56.9 Å². The number of aromatic nitrogens is 2. The van der Waals surface area contributed by atoms with Crippen molar-refractivity contribution in [3.63, 3.8) is 0 Å². The third-order valence-corrected chi connectivity index (χ3v) is 3.82. The van der Waals surface area contributed by atoms with Crippen molar-refractivity contribution < 1.29 is 9.85 Å². The maximum atomic E-state index is 11.3. The summed E-state index contributed by atoms with van der Waals surface area (Å²) in [4.78, 5) is 33.1. The summed E-state index contributed by atoms with van der Waals surface area (Å²) in [6, 6.07) is 5.46. The highest BCUT2D eigenvalue weighted by molar-refractivity contribution is 5.67. The Labute approximate surface area is 136 Å². The number of nitro benzene ring substituents is 2. The standard InChI is InChI=1S/C14H14N6O4/c21-19(22)11-2-3-12(13(10-11)20(23)24)17-6-8-18(9-7-17)14-15-4-1-5-16-14/h1-5,10H,6-9H2. The molecule has 2 heterocycles. The summed E-state index contributed by atoms with van der Waals surface area (Å²) < 4.78 is 0. The lowest BCUT2D eigenvalue weighted by atomic mass is 10.2. The van der Waals surface area contributed by atoms with Gasteiger partial charge in [-0.05, 0) is 12.1 Å². The van der Waals surface area contributed by atoms with Crippen LogP contribution in [0.25, 0.3) is 0 Å². The number of anilines is 2. The van der Waals surface area contributed by atoms with Gasteiger partial charge in [-0.15, -0.1) is 0 Å². The minimum atomic E-state index is -0.637. The first-order chi connectivity index (χ1) is 11.6. The van der Waals surface area contributed by atoms with Crippen LogP contribution in [-0.4, -0.2) is 46.0 Å². The van der Waals surface area contributed by atoms with E-state index in [1.165, 1.54) is 12.1 Å². The fourth-order valence-corrected chi connectivity index (χ4v) is 2.64. The molecule has 0 amide bonds. The summed E-state index contributed by atoms with van der Waals surface area (Å²) in [5, 5.41) is 22.1. The molecule has 10 nitrogen and oxygen atoms in total. The monoisotopic (exact) mass is 330 g/mol. The van der Waals surface area contributed by atoms with Gasteiger partial charge >= 0.3 is 0 Å². The van der Waals surface area contributed by atoms with E-state index in [9.17, 15) is 20.2 Å². The van der Waals surface area contributed by atoms with Crippen LogP contribution in [0, 0.1) is 20.2 Å². The average Bonchev–Trinajstić information content (AvgIpc) is 2.62. The summed E-state index contributed by atoms with van der Waals surface area (Å²) in [6.45, 7) is 2.30. The number of hydrogen-bond acceptors (Lipinski definition) is 8. The highest BCUT2D eigenvalue weighted by atomic mass is 16.6. The van der Waals surface area contributed by atoms with Gasteiger partial charge < -0.3 is 9.80 Å². The smallest absolute Gasteiger partial charge is 0.299 e. The van der Waals surface area contributed by atoms with Crippen molar-refractivity contribution in [1.82, 2.24) is 9.97 Å². The highest BCUT2D eigenvalue weighted by Gasteiger charge is 2.26. The predicted octanol–water partition coefficient (Wildman–Crippen LogP) is 1.62. The van der Waals surface area contributed by atoms with Crippen molar-refractivity contribution in [2.24, 2.45) is 0 Å². The molecule has 0 aliphatic carbocycles. The van der Waals surface area contributed by atoms with Crippen LogP contribution in [-0.2, 0) is 0 Å². The second-order valence-corrected chi connectivity index (χ2v) is 5.21. The lowest BCUT2D eigenvalue weighted by Gasteiger charge is -2.35. The van der Waals surface area contributed by atoms with Gasteiger partial charge in [0, 0.05) is 44.6 Å². The van der Waals surface area contributed by atoms with E-state index in [1.807, 2.05) is 9.80 Å². The molecule has 0 saturated carbocycles. The van der Waals surface area contributed by atoms with Gasteiger partial charge in [-0.1, -0.05) is 0 Å². The van der Waals surface area contributed by atoms with Crippen LogP contribution < -0.4 is 9.80 Å². The molecule has 2 aromatic rings. The zero-order valence-corrected chi connectivity index (χ0v) is 12.6. The first-order valence-electron chi connectivity index (χ1n) is 7.26. The fraction of sp³-hybridized carbons (Fsp3) is 0.286. The summed E-state index contributed by atoms with van der Waals surface area (Å²) in [5.74, 6) is 0.621. The Balaban J connectivity index is 1.79. The molecule has 0 bridgehead atoms. The van der Waals surface area contributed by atoms with Gasteiger partial charge in [-0.25, -0.2) is 9.97 Å². The van der Waals surface area contributed by atoms with E-state index >= 15 is 0 Å². The number of non-ortho nitro benzene ring substituents is 1. The molecule has 1 fully saturated rings. The molecular formula is C14H14N6O4. The van der Waals surface area contributed by atoms with Crippen LogP contribution >= 0.6 is 0 Å². The molecule has 124 valence electrons. The van der Waals surface area contributed by atoms with Crippen LogP contribution in [0.5, 0.6) is 0 Å². The number of nitro groups is 2. The van der Waals surface area contributed by atoms with E-state index in [0.717, 1.165) is 6.07 Å². The Morgan fingerprint density at radius 1 is 0.917 bits per heavy atom. The van der Waals surface area contributed by atoms with E-state index in [2.05, 4.69) is 9.97 Å². The minimum Gasteiger partial charge on any atom is -0.362 e. The summed E-state index contributed by atoms with van der Waals surface area (Å²) >= 11 is 0. The van der Waals surface area contributed by atoms with Gasteiger partial charge in [0.05, 0.1) is 15.9 Å². The first kappa shape index (κ1) is 15.6. The SMILES string of the molecule is O=[N+]([O-])c1ccc(N2CCN(c3ncccn3)CC2)c([N+](=O)[O-])c1. The molecule has 0 N–H and O–H groups in total. The molecule has 0 spiro atoms. The summed E-state index contributed by atoms with van der Waals surface area (Å²) in [6.07, 6.45) is 3.33. The third kappa shape index (κ3) is 3.07. The molecule has 0 atom stereocenters. The highest BCUT2D eigenvalue weighted by Crippen LogP contribution is 2.32. The zero-order chi connectivity index (χ0) is 17.1. The Morgan fingerprint density at radius 2 is 1.54 bits per heavy atom. The number of benzene rings is 1. The quantitative estimate of drug-likeness (QED) is 0.613. The van der Waals surface area contributed by atoms with Crippen LogP contribution in [0.2, 0.25) is 0 Å². The maximum absolute atomic E-state index is 11.3. The molecule has 1 aromatic heterocycles. The zero-order valence-electron chi connectivity index (χ0n) is 12.6. The summed E-state index contributed by atoms with van der Waals surface area (Å²) in [5.41, 5.74) is -0.158. The largest absolute Gasteiger partial charge is 0.362 e. The molecule has 3 rings (SSSR count). The molecule has 0 radical (unpaired) electrons. The van der Waals surface area contributed by atoms with E-state index in [-0.39, 0.29) is 11.4 Å². The molecule has 24 heavy (non-hydrogen) atoms. The van der Waals surface area contributed by atoms with Gasteiger partial charge in [0.2, 0.25) is 5.95 Å². The lowest BCUT2D eigenvalue weighted by Crippen LogP contribution is -2.47. The molecule has 1 aromatic carbocycles. The van der Waals surface area contributed by atoms with E-state index in [1.54, 1.807) is 18.5 Å². The number of rotatable bonds is 4. The Hall–Kier alpha value is -3.30. The van der Waals surface area contributed by atoms with Gasteiger partial charge in [0.25, 0.3) is 11.4 Å². The normalized spacial score (nSPS) is 14.5. The van der Waals surface area contributed by atoms with Gasteiger partial charge in [0.1, 0.15) is 5.69 Å². The molecule has 10 heteroatoms. The molecule has 1 aliphatic heterocycles. The van der Waals surface area contributed by atoms with Gasteiger partial charge in [-0.3, -0.25) is 20.2 Å². The second-order valence-electron chi connectivity index (χ2n) is 5.21. The van der Waals surface area contributed by atoms with Gasteiger partial charge in [-0.2, -0.15) is 0 Å². The molecule has 0 unspecified atom stereocenters. The Kier molecular flexibility index (Phi) is 4.18. The van der Waals surface area contributed by atoms with Crippen molar-refractivity contribution in [1.29, 1.82) is 0 Å². The van der Waals surface area contributed by atoms with Crippen LogP contribution in [0.1, 0.15) is 0 Å². The third-order valence-electron chi connectivity index (χ3n) is 3.82. The van der Waals surface area contributed by atoms with Crippen LogP contribution in [0.15, 0.2) is 36.7 Å². The topological polar surface area (TPSA) is 119 Å². The van der Waals surface area contributed by atoms with Crippen molar-refractivity contribution >= 4 is 23.0 Å². The minimum absolute atomic E-state index is 0.256. The van der Waals surface area contributed by atoms with Crippen LogP contribution in [0.3, 0.4) is 0 Å².